The van der Waals surface area contributed by atoms with Crippen molar-refractivity contribution >= 4 is 45.2 Å². The minimum atomic E-state index is -4.42. The van der Waals surface area contributed by atoms with E-state index in [9.17, 15) is 13.2 Å². The van der Waals surface area contributed by atoms with Crippen molar-refractivity contribution in [2.45, 2.75) is 12.7 Å². The molecule has 138 valence electrons. The smallest absolute Gasteiger partial charge is 0.359 e. The molecule has 0 radical (unpaired) electrons. The molecule has 2 heterocycles. The third-order valence-corrected chi connectivity index (χ3v) is 4.51. The fourth-order valence-corrected chi connectivity index (χ4v) is 3.20. The zero-order valence-corrected chi connectivity index (χ0v) is 14.7. The highest BCUT2D eigenvalue weighted by atomic mass is 35.5. The summed E-state index contributed by atoms with van der Waals surface area (Å²) in [5.74, 6) is 0.421. The topological polar surface area (TPSA) is 45.6 Å². The molecule has 4 nitrogen and oxygen atoms in total. The Bertz CT molecular complexity index is 1160. The summed E-state index contributed by atoms with van der Waals surface area (Å²) < 4.78 is 40.8. The van der Waals surface area contributed by atoms with Crippen LogP contribution in [-0.2, 0) is 12.7 Å². The van der Waals surface area contributed by atoms with Crippen LogP contribution in [0.15, 0.2) is 55.3 Å². The lowest BCUT2D eigenvalue weighted by Gasteiger charge is -2.09. The fourth-order valence-electron chi connectivity index (χ4n) is 3.03. The number of aromatic nitrogens is 3. The van der Waals surface area contributed by atoms with Gasteiger partial charge in [0.15, 0.2) is 0 Å². The zero-order valence-electron chi connectivity index (χ0n) is 13.9. The van der Waals surface area contributed by atoms with E-state index in [1.807, 2.05) is 6.07 Å². The first-order chi connectivity index (χ1) is 12.9. The Balaban J connectivity index is 1.83. The first-order valence-corrected chi connectivity index (χ1v) is 8.46. The van der Waals surface area contributed by atoms with E-state index in [1.165, 1.54) is 6.07 Å². The molecule has 0 fully saturated rings. The Morgan fingerprint density at radius 3 is 2.78 bits per heavy atom. The number of nitrogens with zero attached hydrogens (tertiary/aromatic N) is 2. The highest BCUT2D eigenvalue weighted by Crippen LogP contribution is 2.34. The van der Waals surface area contributed by atoms with Crippen LogP contribution < -0.4 is 5.32 Å². The van der Waals surface area contributed by atoms with E-state index < -0.39 is 11.7 Å². The largest absolute Gasteiger partial charge is 0.416 e. The average Bonchev–Trinajstić information content (AvgIpc) is 3.16. The minimum Gasteiger partial charge on any atom is -0.359 e. The van der Waals surface area contributed by atoms with E-state index in [2.05, 4.69) is 21.9 Å². The number of hydrogen-bond acceptors (Lipinski definition) is 2. The van der Waals surface area contributed by atoms with Crippen molar-refractivity contribution in [3.8, 4) is 0 Å². The highest BCUT2D eigenvalue weighted by molar-refractivity contribution is 6.31. The molecule has 8 heteroatoms. The third-order valence-electron chi connectivity index (χ3n) is 4.28. The minimum absolute atomic E-state index is 0.257. The van der Waals surface area contributed by atoms with Crippen LogP contribution in [0.2, 0.25) is 5.02 Å². The number of H-pyrrole nitrogens is 1. The summed E-state index contributed by atoms with van der Waals surface area (Å²) in [5.41, 5.74) is 1.72. The molecule has 2 aromatic carbocycles. The predicted molar refractivity (Wildman–Crippen MR) is 102 cm³/mol. The van der Waals surface area contributed by atoms with Crippen LogP contribution in [0.25, 0.3) is 21.9 Å². The van der Waals surface area contributed by atoms with Gasteiger partial charge in [0, 0.05) is 28.7 Å². The van der Waals surface area contributed by atoms with Crippen LogP contribution in [0.1, 0.15) is 5.56 Å². The number of hydrogen-bond donors (Lipinski definition) is 2. The van der Waals surface area contributed by atoms with E-state index in [1.54, 1.807) is 29.0 Å². The van der Waals surface area contributed by atoms with Crippen molar-refractivity contribution in [3.63, 3.8) is 0 Å². The van der Waals surface area contributed by atoms with Crippen molar-refractivity contribution in [1.29, 1.82) is 0 Å². The van der Waals surface area contributed by atoms with Crippen molar-refractivity contribution in [2.24, 2.45) is 0 Å². The number of imidazole rings is 1. The molecule has 27 heavy (non-hydrogen) atoms. The SMILES string of the molecule is C=CCn1c(Nc2c[nH]c3ccc(Cl)cc23)nc2cc(C(F)(F)F)ccc21. The first kappa shape index (κ1) is 17.5. The Morgan fingerprint density at radius 1 is 1.22 bits per heavy atom. The van der Waals surface area contributed by atoms with Gasteiger partial charge in [-0.2, -0.15) is 13.2 Å². The van der Waals surface area contributed by atoms with Gasteiger partial charge in [0.2, 0.25) is 5.95 Å². The van der Waals surface area contributed by atoms with Gasteiger partial charge in [-0.05, 0) is 36.4 Å². The van der Waals surface area contributed by atoms with Crippen LogP contribution >= 0.6 is 11.6 Å². The summed E-state index contributed by atoms with van der Waals surface area (Å²) in [6.45, 7) is 4.11. The maximum absolute atomic E-state index is 13.0. The molecule has 0 unspecified atom stereocenters. The lowest BCUT2D eigenvalue weighted by Crippen LogP contribution is -2.04. The molecule has 2 aromatic heterocycles. The molecule has 0 saturated carbocycles. The number of halogens is 4. The number of nitrogens with one attached hydrogen (secondary N) is 2. The van der Waals surface area contributed by atoms with Crippen molar-refractivity contribution in [3.05, 3.63) is 65.8 Å². The van der Waals surface area contributed by atoms with Gasteiger partial charge in [-0.3, -0.25) is 0 Å². The number of benzene rings is 2. The third kappa shape index (κ3) is 3.14. The number of aromatic amines is 1. The van der Waals surface area contributed by atoms with Crippen molar-refractivity contribution in [2.75, 3.05) is 5.32 Å². The molecule has 4 rings (SSSR count). The second kappa shape index (κ2) is 6.35. The van der Waals surface area contributed by atoms with Gasteiger partial charge in [0.1, 0.15) is 0 Å². The molecule has 4 aromatic rings. The molecule has 0 aliphatic carbocycles. The first-order valence-electron chi connectivity index (χ1n) is 8.09. The number of allylic oxidation sites excluding steroid dienone is 1. The summed E-state index contributed by atoms with van der Waals surface area (Å²) in [6, 6.07) is 8.95. The summed E-state index contributed by atoms with van der Waals surface area (Å²) in [5, 5.41) is 4.63. The Kier molecular flexibility index (Phi) is 4.11. The number of anilines is 2. The van der Waals surface area contributed by atoms with Gasteiger partial charge in [0.25, 0.3) is 0 Å². The average molecular weight is 391 g/mol. The maximum atomic E-state index is 13.0. The molecule has 0 bridgehead atoms. The number of rotatable bonds is 4. The van der Waals surface area contributed by atoms with Gasteiger partial charge in [0.05, 0.1) is 22.3 Å². The number of alkyl halides is 3. The second-order valence-corrected chi connectivity index (χ2v) is 6.49. The van der Waals surface area contributed by atoms with Crippen molar-refractivity contribution in [1.82, 2.24) is 14.5 Å². The van der Waals surface area contributed by atoms with E-state index in [0.717, 1.165) is 28.7 Å². The molecule has 0 aliphatic rings. The lowest BCUT2D eigenvalue weighted by atomic mass is 10.2. The van der Waals surface area contributed by atoms with Gasteiger partial charge >= 0.3 is 6.18 Å². The molecule has 0 atom stereocenters. The molecule has 0 spiro atoms. The normalized spacial score (nSPS) is 12.0. The monoisotopic (exact) mass is 390 g/mol. The summed E-state index contributed by atoms with van der Waals surface area (Å²) in [4.78, 5) is 7.49. The van der Waals surface area contributed by atoms with Gasteiger partial charge in [-0.1, -0.05) is 17.7 Å². The molecule has 0 amide bonds. The molecular weight excluding hydrogens is 377 g/mol. The Hall–Kier alpha value is -2.93. The van der Waals surface area contributed by atoms with Gasteiger partial charge in [-0.25, -0.2) is 4.98 Å². The van der Waals surface area contributed by atoms with E-state index in [4.69, 9.17) is 11.6 Å². The van der Waals surface area contributed by atoms with Gasteiger partial charge in [-0.15, -0.1) is 6.58 Å². The molecular formula is C19H14ClF3N4. The van der Waals surface area contributed by atoms with Crippen LogP contribution in [0.5, 0.6) is 0 Å². The van der Waals surface area contributed by atoms with Crippen LogP contribution in [0, 0.1) is 0 Å². The van der Waals surface area contributed by atoms with E-state index in [0.29, 0.717) is 23.0 Å². The standard InChI is InChI=1S/C19H14ClF3N4/c1-2-7-27-17-6-3-11(19(21,22)23)8-15(17)25-18(27)26-16-10-24-14-5-4-12(20)9-13(14)16/h2-6,8-10,24H,1,7H2,(H,25,26). The summed E-state index contributed by atoms with van der Waals surface area (Å²) in [7, 11) is 0. The quantitative estimate of drug-likeness (QED) is 0.412. The molecule has 0 saturated heterocycles. The zero-order chi connectivity index (χ0) is 19.2. The van der Waals surface area contributed by atoms with E-state index >= 15 is 0 Å². The molecule has 2 N–H and O–H groups in total. The fraction of sp³-hybridized carbons (Fsp3) is 0.105. The van der Waals surface area contributed by atoms with Crippen molar-refractivity contribution < 1.29 is 13.2 Å². The van der Waals surface area contributed by atoms with Crippen LogP contribution in [0.3, 0.4) is 0 Å². The highest BCUT2D eigenvalue weighted by Gasteiger charge is 2.31. The summed E-state index contributed by atoms with van der Waals surface area (Å²) in [6.07, 6.45) is -0.993. The molecule has 0 aliphatic heterocycles. The van der Waals surface area contributed by atoms with Crippen LogP contribution in [-0.4, -0.2) is 14.5 Å². The maximum Gasteiger partial charge on any atom is 0.416 e. The van der Waals surface area contributed by atoms with E-state index in [-0.39, 0.29) is 5.52 Å². The Morgan fingerprint density at radius 2 is 2.04 bits per heavy atom. The van der Waals surface area contributed by atoms with Crippen LogP contribution in [0.4, 0.5) is 24.8 Å². The second-order valence-electron chi connectivity index (χ2n) is 6.05. The van der Waals surface area contributed by atoms with Gasteiger partial charge < -0.3 is 14.9 Å². The Labute approximate surface area is 157 Å². The number of fused-ring (bicyclic) bond motifs is 2. The predicted octanol–water partition coefficient (Wildman–Crippen LogP) is 6.12. The lowest BCUT2D eigenvalue weighted by molar-refractivity contribution is -0.137. The summed E-state index contributed by atoms with van der Waals surface area (Å²) >= 11 is 6.07.